The third kappa shape index (κ3) is 2.95. The van der Waals surface area contributed by atoms with Crippen LogP contribution in [0.2, 0.25) is 0 Å². The summed E-state index contributed by atoms with van der Waals surface area (Å²) in [6.45, 7) is 4.37. The normalized spacial score (nSPS) is 19.5. The fraction of sp³-hybridized carbons (Fsp3) is 0.467. The molecule has 1 aromatic carbocycles. The molecule has 0 N–H and O–H groups in total. The molecule has 0 radical (unpaired) electrons. The van der Waals surface area contributed by atoms with E-state index >= 15 is 0 Å². The summed E-state index contributed by atoms with van der Waals surface area (Å²) in [5.41, 5.74) is 1.46. The third-order valence-electron chi connectivity index (χ3n) is 3.53. The maximum atomic E-state index is 12.6. The standard InChI is InChI=1S/C15H17F3/c1-14(2)8-6-11(7-9-14)12-4-3-5-13(10-12)15(16,17)18/h3-6,10H,7-9H2,1-2H3. The summed E-state index contributed by atoms with van der Waals surface area (Å²) < 4.78 is 37.9. The lowest BCUT2D eigenvalue weighted by Crippen LogP contribution is -2.14. The van der Waals surface area contributed by atoms with E-state index < -0.39 is 11.7 Å². The van der Waals surface area contributed by atoms with E-state index in [4.69, 9.17) is 0 Å². The molecule has 2 rings (SSSR count). The molecule has 0 saturated heterocycles. The molecule has 0 aromatic heterocycles. The molecule has 1 aliphatic rings. The lowest BCUT2D eigenvalue weighted by Gasteiger charge is -2.28. The molecule has 0 aliphatic heterocycles. The van der Waals surface area contributed by atoms with Gasteiger partial charge in [-0.05, 0) is 47.9 Å². The topological polar surface area (TPSA) is 0 Å². The van der Waals surface area contributed by atoms with Crippen molar-refractivity contribution < 1.29 is 13.2 Å². The number of benzene rings is 1. The largest absolute Gasteiger partial charge is 0.416 e. The average molecular weight is 254 g/mol. The number of rotatable bonds is 1. The maximum absolute atomic E-state index is 12.6. The van der Waals surface area contributed by atoms with Crippen LogP contribution in [0.1, 0.15) is 44.2 Å². The minimum atomic E-state index is -4.26. The zero-order chi connectivity index (χ0) is 13.4. The number of alkyl halides is 3. The number of halogens is 3. The van der Waals surface area contributed by atoms with Crippen LogP contribution in [0.15, 0.2) is 30.3 Å². The van der Waals surface area contributed by atoms with Crippen LogP contribution in [0, 0.1) is 5.41 Å². The van der Waals surface area contributed by atoms with Crippen molar-refractivity contribution in [2.45, 2.75) is 39.3 Å². The Bertz CT molecular complexity index is 467. The van der Waals surface area contributed by atoms with E-state index in [0.717, 1.165) is 30.9 Å². The first-order valence-corrected chi connectivity index (χ1v) is 6.15. The zero-order valence-corrected chi connectivity index (χ0v) is 10.6. The summed E-state index contributed by atoms with van der Waals surface area (Å²) >= 11 is 0. The lowest BCUT2D eigenvalue weighted by atomic mass is 9.77. The molecule has 0 atom stereocenters. The van der Waals surface area contributed by atoms with E-state index in [1.165, 1.54) is 12.1 Å². The molecule has 0 saturated carbocycles. The van der Waals surface area contributed by atoms with Gasteiger partial charge in [-0.15, -0.1) is 0 Å². The van der Waals surface area contributed by atoms with Gasteiger partial charge in [0.15, 0.2) is 0 Å². The molecule has 0 unspecified atom stereocenters. The first-order valence-electron chi connectivity index (χ1n) is 6.15. The summed E-state index contributed by atoms with van der Waals surface area (Å²) in [6, 6.07) is 5.62. The first kappa shape index (κ1) is 13.2. The molecule has 0 fully saturated rings. The Hall–Kier alpha value is -1.25. The highest BCUT2D eigenvalue weighted by Gasteiger charge is 2.31. The smallest absolute Gasteiger partial charge is 0.166 e. The lowest BCUT2D eigenvalue weighted by molar-refractivity contribution is -0.137. The second-order valence-electron chi connectivity index (χ2n) is 5.68. The Kier molecular flexibility index (Phi) is 3.26. The van der Waals surface area contributed by atoms with Gasteiger partial charge >= 0.3 is 6.18 Å². The van der Waals surface area contributed by atoms with Crippen molar-refractivity contribution in [3.05, 3.63) is 41.5 Å². The van der Waals surface area contributed by atoms with Crippen LogP contribution in [0.4, 0.5) is 13.2 Å². The van der Waals surface area contributed by atoms with E-state index in [1.54, 1.807) is 6.07 Å². The molecule has 0 nitrogen and oxygen atoms in total. The molecule has 0 heterocycles. The van der Waals surface area contributed by atoms with E-state index in [-0.39, 0.29) is 5.41 Å². The van der Waals surface area contributed by atoms with Gasteiger partial charge in [-0.3, -0.25) is 0 Å². The van der Waals surface area contributed by atoms with E-state index in [0.29, 0.717) is 5.56 Å². The van der Waals surface area contributed by atoms with Crippen molar-refractivity contribution in [1.82, 2.24) is 0 Å². The average Bonchev–Trinajstić information content (AvgIpc) is 2.28. The van der Waals surface area contributed by atoms with Gasteiger partial charge in [0.1, 0.15) is 0 Å². The van der Waals surface area contributed by atoms with Crippen LogP contribution in [-0.4, -0.2) is 0 Å². The van der Waals surface area contributed by atoms with Gasteiger partial charge in [-0.2, -0.15) is 13.2 Å². The minimum absolute atomic E-state index is 0.269. The molecule has 0 bridgehead atoms. The molecule has 3 heteroatoms. The molecule has 1 aliphatic carbocycles. The van der Waals surface area contributed by atoms with Crippen LogP contribution in [0.5, 0.6) is 0 Å². The van der Waals surface area contributed by atoms with Crippen LogP contribution >= 0.6 is 0 Å². The van der Waals surface area contributed by atoms with Crippen molar-refractivity contribution in [1.29, 1.82) is 0 Å². The third-order valence-corrected chi connectivity index (χ3v) is 3.53. The first-order chi connectivity index (χ1) is 8.28. The summed E-state index contributed by atoms with van der Waals surface area (Å²) in [6.07, 6.45) is 0.630. The van der Waals surface area contributed by atoms with Gasteiger partial charge in [-0.1, -0.05) is 32.1 Å². The predicted octanol–water partition coefficient (Wildman–Crippen LogP) is 5.30. The molecule has 0 spiro atoms. The summed E-state index contributed by atoms with van der Waals surface area (Å²) in [5, 5.41) is 0. The van der Waals surface area contributed by atoms with Crippen molar-refractivity contribution in [2.24, 2.45) is 5.41 Å². The Morgan fingerprint density at radius 3 is 2.44 bits per heavy atom. The highest BCUT2D eigenvalue weighted by molar-refractivity contribution is 5.67. The van der Waals surface area contributed by atoms with E-state index in [1.807, 2.05) is 0 Å². The van der Waals surface area contributed by atoms with Crippen LogP contribution in [0.3, 0.4) is 0 Å². The van der Waals surface area contributed by atoms with Gasteiger partial charge < -0.3 is 0 Å². The number of allylic oxidation sites excluding steroid dienone is 2. The second kappa shape index (κ2) is 4.45. The van der Waals surface area contributed by atoms with E-state index in [9.17, 15) is 13.2 Å². The van der Waals surface area contributed by atoms with Gasteiger partial charge in [-0.25, -0.2) is 0 Å². The van der Waals surface area contributed by atoms with Gasteiger partial charge in [0, 0.05) is 0 Å². The predicted molar refractivity (Wildman–Crippen MR) is 67.1 cm³/mol. The fourth-order valence-electron chi connectivity index (χ4n) is 2.23. The Morgan fingerprint density at radius 2 is 1.89 bits per heavy atom. The Balaban J connectivity index is 2.28. The second-order valence-corrected chi connectivity index (χ2v) is 5.68. The molecular formula is C15H17F3. The molecule has 98 valence electrons. The molecule has 1 aromatic rings. The summed E-state index contributed by atoms with van der Waals surface area (Å²) in [4.78, 5) is 0. The van der Waals surface area contributed by atoms with Gasteiger partial charge in [0.2, 0.25) is 0 Å². The van der Waals surface area contributed by atoms with Crippen LogP contribution in [-0.2, 0) is 6.18 Å². The Labute approximate surface area is 106 Å². The van der Waals surface area contributed by atoms with Crippen LogP contribution in [0.25, 0.3) is 5.57 Å². The zero-order valence-electron chi connectivity index (χ0n) is 10.6. The quantitative estimate of drug-likeness (QED) is 0.638. The van der Waals surface area contributed by atoms with Gasteiger partial charge in [0.05, 0.1) is 5.56 Å². The van der Waals surface area contributed by atoms with Crippen molar-refractivity contribution >= 4 is 5.57 Å². The van der Waals surface area contributed by atoms with Crippen molar-refractivity contribution in [2.75, 3.05) is 0 Å². The molecular weight excluding hydrogens is 237 g/mol. The summed E-state index contributed by atoms with van der Waals surface area (Å²) in [5.74, 6) is 0. The molecule has 18 heavy (non-hydrogen) atoms. The van der Waals surface area contributed by atoms with Crippen molar-refractivity contribution in [3.8, 4) is 0 Å². The summed E-state index contributed by atoms with van der Waals surface area (Å²) in [7, 11) is 0. The highest BCUT2D eigenvalue weighted by atomic mass is 19.4. The van der Waals surface area contributed by atoms with Crippen molar-refractivity contribution in [3.63, 3.8) is 0 Å². The number of hydrogen-bond acceptors (Lipinski definition) is 0. The van der Waals surface area contributed by atoms with E-state index in [2.05, 4.69) is 19.9 Å². The monoisotopic (exact) mass is 254 g/mol. The maximum Gasteiger partial charge on any atom is 0.416 e. The number of hydrogen-bond donors (Lipinski definition) is 0. The molecule has 0 amide bonds. The van der Waals surface area contributed by atoms with Crippen LogP contribution < -0.4 is 0 Å². The minimum Gasteiger partial charge on any atom is -0.166 e. The highest BCUT2D eigenvalue weighted by Crippen LogP contribution is 2.39. The Morgan fingerprint density at radius 1 is 1.17 bits per heavy atom. The SMILES string of the molecule is CC1(C)CC=C(c2cccc(C(F)(F)F)c2)CC1. The van der Waals surface area contributed by atoms with Gasteiger partial charge in [0.25, 0.3) is 0 Å². The fourth-order valence-corrected chi connectivity index (χ4v) is 2.23.